The molecule has 0 saturated carbocycles. The average molecular weight is 287 g/mol. The lowest BCUT2D eigenvalue weighted by atomic mass is 10.1. The second kappa shape index (κ2) is 5.58. The number of nitrogens with zero attached hydrogens (tertiary/aromatic N) is 3. The van der Waals surface area contributed by atoms with E-state index in [9.17, 15) is 0 Å². The van der Waals surface area contributed by atoms with Crippen LogP contribution in [0.1, 0.15) is 24.4 Å². The van der Waals surface area contributed by atoms with Gasteiger partial charge in [-0.15, -0.1) is 10.2 Å². The van der Waals surface area contributed by atoms with Crippen molar-refractivity contribution in [2.24, 2.45) is 5.92 Å². The minimum absolute atomic E-state index is 0.607. The lowest BCUT2D eigenvalue weighted by Gasteiger charge is -2.00. The number of aromatic nitrogens is 4. The second-order valence-electron chi connectivity index (χ2n) is 5.17. The molecule has 0 amide bonds. The van der Waals surface area contributed by atoms with E-state index in [1.54, 1.807) is 17.5 Å². The van der Waals surface area contributed by atoms with Crippen molar-refractivity contribution in [3.63, 3.8) is 0 Å². The summed E-state index contributed by atoms with van der Waals surface area (Å²) >= 11 is 1.63. The molecule has 0 bridgehead atoms. The van der Waals surface area contributed by atoms with E-state index in [4.69, 9.17) is 0 Å². The van der Waals surface area contributed by atoms with Crippen molar-refractivity contribution in [1.29, 1.82) is 0 Å². The molecule has 6 heteroatoms. The predicted octanol–water partition coefficient (Wildman–Crippen LogP) is 3.23. The van der Waals surface area contributed by atoms with Gasteiger partial charge in [-0.3, -0.25) is 0 Å². The van der Waals surface area contributed by atoms with Crippen molar-refractivity contribution in [2.75, 3.05) is 5.32 Å². The summed E-state index contributed by atoms with van der Waals surface area (Å²) in [5.41, 5.74) is 2.11. The van der Waals surface area contributed by atoms with Gasteiger partial charge in [-0.2, -0.15) is 0 Å². The largest absolute Gasteiger partial charge is 0.356 e. The Hall–Kier alpha value is -1.95. The summed E-state index contributed by atoms with van der Waals surface area (Å²) in [6.07, 6.45) is 4.76. The Kier molecular flexibility index (Phi) is 3.64. The molecule has 5 nitrogen and oxygen atoms in total. The molecule has 20 heavy (non-hydrogen) atoms. The second-order valence-corrected chi connectivity index (χ2v) is 6.23. The zero-order chi connectivity index (χ0) is 13.9. The molecule has 3 heterocycles. The zero-order valence-electron chi connectivity index (χ0n) is 11.6. The quantitative estimate of drug-likeness (QED) is 0.756. The third-order valence-corrected chi connectivity index (χ3v) is 3.92. The summed E-state index contributed by atoms with van der Waals surface area (Å²) < 4.78 is 0. The van der Waals surface area contributed by atoms with Crippen molar-refractivity contribution in [2.45, 2.75) is 26.8 Å². The Morgan fingerprint density at radius 2 is 2.25 bits per heavy atom. The van der Waals surface area contributed by atoms with Crippen LogP contribution in [0.3, 0.4) is 0 Å². The fraction of sp³-hybridized carbons (Fsp3) is 0.357. The van der Waals surface area contributed by atoms with Gasteiger partial charge in [0.15, 0.2) is 0 Å². The van der Waals surface area contributed by atoms with E-state index in [0.717, 1.165) is 34.1 Å². The number of fused-ring (bicyclic) bond motifs is 1. The van der Waals surface area contributed by atoms with Gasteiger partial charge in [0.2, 0.25) is 5.13 Å². The number of rotatable bonds is 5. The van der Waals surface area contributed by atoms with Crippen LogP contribution in [0.5, 0.6) is 0 Å². The lowest BCUT2D eigenvalue weighted by Crippen LogP contribution is -1.97. The van der Waals surface area contributed by atoms with Crippen LogP contribution in [0.2, 0.25) is 0 Å². The number of hydrogen-bond acceptors (Lipinski definition) is 5. The highest BCUT2D eigenvalue weighted by Gasteiger charge is 2.07. The third kappa shape index (κ3) is 2.80. The SMILES string of the molecule is CC(C)Cc1nnc(NCc2c[nH]c3ncccc23)s1. The van der Waals surface area contributed by atoms with E-state index in [1.807, 2.05) is 12.3 Å². The maximum absolute atomic E-state index is 4.28. The first-order valence-corrected chi connectivity index (χ1v) is 7.51. The van der Waals surface area contributed by atoms with Crippen LogP contribution in [0.15, 0.2) is 24.5 Å². The fourth-order valence-corrected chi connectivity index (χ4v) is 3.03. The van der Waals surface area contributed by atoms with Crippen LogP contribution < -0.4 is 5.32 Å². The van der Waals surface area contributed by atoms with Crippen molar-refractivity contribution < 1.29 is 0 Å². The molecule has 0 spiro atoms. The molecule has 0 aliphatic heterocycles. The van der Waals surface area contributed by atoms with Gasteiger partial charge in [0.05, 0.1) is 0 Å². The van der Waals surface area contributed by atoms with Crippen LogP contribution in [0.4, 0.5) is 5.13 Å². The minimum atomic E-state index is 0.607. The number of pyridine rings is 1. The third-order valence-electron chi connectivity index (χ3n) is 3.02. The van der Waals surface area contributed by atoms with Crippen molar-refractivity contribution >= 4 is 27.5 Å². The summed E-state index contributed by atoms with van der Waals surface area (Å²) in [7, 11) is 0. The molecule has 3 aromatic rings. The molecule has 0 unspecified atom stereocenters. The molecule has 0 fully saturated rings. The van der Waals surface area contributed by atoms with Gasteiger partial charge in [0, 0.05) is 30.7 Å². The monoisotopic (exact) mass is 287 g/mol. The summed E-state index contributed by atoms with van der Waals surface area (Å²) in [5, 5.41) is 14.8. The van der Waals surface area contributed by atoms with Gasteiger partial charge in [0.25, 0.3) is 0 Å². The smallest absolute Gasteiger partial charge is 0.205 e. The highest BCUT2D eigenvalue weighted by molar-refractivity contribution is 7.15. The van der Waals surface area contributed by atoms with E-state index in [0.29, 0.717) is 5.92 Å². The average Bonchev–Trinajstić information content (AvgIpc) is 3.02. The summed E-state index contributed by atoms with van der Waals surface area (Å²) in [4.78, 5) is 7.46. The summed E-state index contributed by atoms with van der Waals surface area (Å²) in [6, 6.07) is 4.02. The molecule has 0 saturated heterocycles. The Bertz CT molecular complexity index is 700. The van der Waals surface area contributed by atoms with E-state index in [2.05, 4.69) is 45.4 Å². The number of nitrogens with one attached hydrogen (secondary N) is 2. The highest BCUT2D eigenvalue weighted by atomic mass is 32.1. The van der Waals surface area contributed by atoms with Gasteiger partial charge >= 0.3 is 0 Å². The molecule has 3 aromatic heterocycles. The van der Waals surface area contributed by atoms with Crippen LogP contribution in [-0.2, 0) is 13.0 Å². The molecule has 0 atom stereocenters. The lowest BCUT2D eigenvalue weighted by molar-refractivity contribution is 0.640. The topological polar surface area (TPSA) is 66.5 Å². The van der Waals surface area contributed by atoms with Crippen molar-refractivity contribution in [3.05, 3.63) is 35.1 Å². The molecule has 0 aromatic carbocycles. The molecular formula is C14H17N5S. The Morgan fingerprint density at radius 1 is 1.35 bits per heavy atom. The minimum Gasteiger partial charge on any atom is -0.356 e. The Morgan fingerprint density at radius 3 is 3.10 bits per heavy atom. The van der Waals surface area contributed by atoms with E-state index < -0.39 is 0 Å². The van der Waals surface area contributed by atoms with E-state index in [1.165, 1.54) is 5.56 Å². The molecule has 2 N–H and O–H groups in total. The fourth-order valence-electron chi connectivity index (χ4n) is 2.09. The normalized spacial score (nSPS) is 11.3. The molecule has 0 aliphatic rings. The zero-order valence-corrected chi connectivity index (χ0v) is 12.4. The molecule has 104 valence electrons. The van der Waals surface area contributed by atoms with Gasteiger partial charge in [-0.1, -0.05) is 25.2 Å². The van der Waals surface area contributed by atoms with Gasteiger partial charge < -0.3 is 10.3 Å². The first-order chi connectivity index (χ1) is 9.72. The Balaban J connectivity index is 1.68. The molecular weight excluding hydrogens is 270 g/mol. The first kappa shape index (κ1) is 13.1. The summed E-state index contributed by atoms with van der Waals surface area (Å²) in [6.45, 7) is 5.10. The molecule has 0 radical (unpaired) electrons. The van der Waals surface area contributed by atoms with Crippen LogP contribution in [0.25, 0.3) is 11.0 Å². The molecule has 0 aliphatic carbocycles. The number of H-pyrrole nitrogens is 1. The highest BCUT2D eigenvalue weighted by Crippen LogP contribution is 2.21. The maximum atomic E-state index is 4.28. The van der Waals surface area contributed by atoms with E-state index in [-0.39, 0.29) is 0 Å². The molecule has 3 rings (SSSR count). The van der Waals surface area contributed by atoms with E-state index >= 15 is 0 Å². The van der Waals surface area contributed by atoms with Crippen LogP contribution in [0, 0.1) is 5.92 Å². The van der Waals surface area contributed by atoms with Crippen LogP contribution in [-0.4, -0.2) is 20.2 Å². The first-order valence-electron chi connectivity index (χ1n) is 6.69. The number of anilines is 1. The predicted molar refractivity (Wildman–Crippen MR) is 81.9 cm³/mol. The van der Waals surface area contributed by atoms with Gasteiger partial charge in [-0.05, 0) is 23.6 Å². The van der Waals surface area contributed by atoms with Crippen molar-refractivity contribution in [3.8, 4) is 0 Å². The number of aromatic amines is 1. The standard InChI is InChI=1S/C14H17N5S/c1-9(2)6-12-18-19-14(20-12)17-8-10-7-16-13-11(10)4-3-5-15-13/h3-5,7,9H,6,8H2,1-2H3,(H,15,16)(H,17,19). The van der Waals surface area contributed by atoms with Crippen LogP contribution >= 0.6 is 11.3 Å². The summed E-state index contributed by atoms with van der Waals surface area (Å²) in [5.74, 6) is 0.607. The van der Waals surface area contributed by atoms with Gasteiger partial charge in [0.1, 0.15) is 10.7 Å². The van der Waals surface area contributed by atoms with Crippen molar-refractivity contribution in [1.82, 2.24) is 20.2 Å². The Labute approximate surface area is 121 Å². The number of hydrogen-bond donors (Lipinski definition) is 2. The van der Waals surface area contributed by atoms with Gasteiger partial charge in [-0.25, -0.2) is 4.98 Å². The maximum Gasteiger partial charge on any atom is 0.205 e.